The van der Waals surface area contributed by atoms with Crippen LogP contribution in [0.2, 0.25) is 0 Å². The van der Waals surface area contributed by atoms with Crippen molar-refractivity contribution in [3.63, 3.8) is 0 Å². The second kappa shape index (κ2) is 6.76. The first-order chi connectivity index (χ1) is 11.6. The molecule has 120 valence electrons. The van der Waals surface area contributed by atoms with Gasteiger partial charge in [-0.3, -0.25) is 9.97 Å². The monoisotopic (exact) mass is 320 g/mol. The smallest absolute Gasteiger partial charge is 0.123 e. The normalized spacial score (nSPS) is 20.2. The van der Waals surface area contributed by atoms with Crippen molar-refractivity contribution in [1.29, 1.82) is 10.5 Å². The van der Waals surface area contributed by atoms with Crippen molar-refractivity contribution in [2.24, 2.45) is 0 Å². The summed E-state index contributed by atoms with van der Waals surface area (Å²) in [5, 5.41) is 17.3. The Kier molecular flexibility index (Phi) is 4.52. The largest absolute Gasteiger partial charge is 0.366 e. The van der Waals surface area contributed by atoms with Crippen molar-refractivity contribution < 1.29 is 9.47 Å². The van der Waals surface area contributed by atoms with Gasteiger partial charge in [-0.15, -0.1) is 0 Å². The van der Waals surface area contributed by atoms with Crippen molar-refractivity contribution in [3.05, 3.63) is 58.2 Å². The second-order valence-electron chi connectivity index (χ2n) is 5.72. The molecule has 0 N–H and O–H groups in total. The molecule has 6 heteroatoms. The molecule has 0 aliphatic carbocycles. The fourth-order valence-corrected chi connectivity index (χ4v) is 2.18. The van der Waals surface area contributed by atoms with E-state index >= 15 is 0 Å². The fourth-order valence-electron chi connectivity index (χ4n) is 2.18. The first-order valence-corrected chi connectivity index (χ1v) is 7.59. The Morgan fingerprint density at radius 1 is 0.875 bits per heavy atom. The Hall–Kier alpha value is -2.80. The highest BCUT2D eigenvalue weighted by atomic mass is 16.6. The molecule has 0 saturated carbocycles. The number of nitrogens with zero attached hydrogens (tertiary/aromatic N) is 4. The minimum Gasteiger partial charge on any atom is -0.366 e. The molecule has 0 aromatic carbocycles. The van der Waals surface area contributed by atoms with Gasteiger partial charge in [-0.25, -0.2) is 0 Å². The Bertz CT molecular complexity index is 772. The number of aryl methyl sites for hydroxylation is 2. The van der Waals surface area contributed by atoms with Gasteiger partial charge in [-0.1, -0.05) is 0 Å². The highest BCUT2D eigenvalue weighted by molar-refractivity contribution is 5.37. The molecule has 2 saturated heterocycles. The van der Waals surface area contributed by atoms with Gasteiger partial charge >= 0.3 is 0 Å². The zero-order valence-corrected chi connectivity index (χ0v) is 13.5. The van der Waals surface area contributed by atoms with Crippen molar-refractivity contribution in [1.82, 2.24) is 9.97 Å². The molecular formula is C18H16N4O2. The van der Waals surface area contributed by atoms with Crippen LogP contribution in [0.5, 0.6) is 0 Å². The van der Waals surface area contributed by atoms with E-state index in [9.17, 15) is 0 Å². The van der Waals surface area contributed by atoms with Crippen LogP contribution in [0.1, 0.15) is 45.8 Å². The summed E-state index contributed by atoms with van der Waals surface area (Å²) in [6.07, 6.45) is 3.56. The summed E-state index contributed by atoms with van der Waals surface area (Å²) in [6.45, 7) is 5.34. The molecule has 0 bridgehead atoms. The minimum atomic E-state index is 0.177. The van der Waals surface area contributed by atoms with E-state index in [4.69, 9.17) is 20.0 Å². The van der Waals surface area contributed by atoms with Gasteiger partial charge in [0.25, 0.3) is 0 Å². The molecule has 0 amide bonds. The van der Waals surface area contributed by atoms with Gasteiger partial charge in [0.2, 0.25) is 0 Å². The molecule has 2 atom stereocenters. The molecule has 2 aromatic rings. The number of aromatic nitrogens is 2. The van der Waals surface area contributed by atoms with Crippen LogP contribution in [0.3, 0.4) is 0 Å². The lowest BCUT2D eigenvalue weighted by molar-refractivity contribution is 0.411. The maximum absolute atomic E-state index is 8.64. The SMILES string of the molecule is Cc1cc(C2CO2)ncc1C#N.Cc1cc(C2CO2)ncc1C#N. The minimum absolute atomic E-state index is 0.177. The topological polar surface area (TPSA) is 98.4 Å². The molecule has 2 aromatic heterocycles. The van der Waals surface area contributed by atoms with E-state index in [1.165, 1.54) is 0 Å². The number of nitriles is 2. The zero-order chi connectivity index (χ0) is 17.1. The van der Waals surface area contributed by atoms with Crippen LogP contribution in [0.4, 0.5) is 0 Å². The zero-order valence-electron chi connectivity index (χ0n) is 13.5. The van der Waals surface area contributed by atoms with Crippen LogP contribution in [0.25, 0.3) is 0 Å². The van der Waals surface area contributed by atoms with Gasteiger partial charge in [-0.05, 0) is 37.1 Å². The fraction of sp³-hybridized carbons (Fsp3) is 0.333. The molecule has 2 unspecified atom stereocenters. The number of hydrogen-bond donors (Lipinski definition) is 0. The summed E-state index contributed by atoms with van der Waals surface area (Å²) < 4.78 is 10.2. The average molecular weight is 320 g/mol. The van der Waals surface area contributed by atoms with Gasteiger partial charge in [0, 0.05) is 12.4 Å². The number of rotatable bonds is 2. The van der Waals surface area contributed by atoms with Crippen LogP contribution < -0.4 is 0 Å². The van der Waals surface area contributed by atoms with Crippen molar-refractivity contribution in [2.75, 3.05) is 13.2 Å². The molecule has 2 aliphatic heterocycles. The maximum atomic E-state index is 8.64. The van der Waals surface area contributed by atoms with Crippen molar-refractivity contribution in [3.8, 4) is 12.1 Å². The van der Waals surface area contributed by atoms with Crippen LogP contribution in [0, 0.1) is 36.5 Å². The Labute approximate surface area is 140 Å². The third-order valence-electron chi connectivity index (χ3n) is 3.83. The quantitative estimate of drug-likeness (QED) is 0.789. The van der Waals surface area contributed by atoms with Gasteiger partial charge in [0.1, 0.15) is 24.3 Å². The first kappa shape index (κ1) is 16.1. The number of hydrogen-bond acceptors (Lipinski definition) is 6. The molecule has 24 heavy (non-hydrogen) atoms. The summed E-state index contributed by atoms with van der Waals surface area (Å²) in [4.78, 5) is 8.25. The third kappa shape index (κ3) is 3.75. The first-order valence-electron chi connectivity index (χ1n) is 7.59. The summed E-state index contributed by atoms with van der Waals surface area (Å²) in [5.41, 5.74) is 5.09. The van der Waals surface area contributed by atoms with Gasteiger partial charge in [0.15, 0.2) is 0 Å². The number of pyridine rings is 2. The summed E-state index contributed by atoms with van der Waals surface area (Å²) in [5.74, 6) is 0. The van der Waals surface area contributed by atoms with Crippen molar-refractivity contribution in [2.45, 2.75) is 26.1 Å². The van der Waals surface area contributed by atoms with Crippen LogP contribution in [-0.2, 0) is 9.47 Å². The lowest BCUT2D eigenvalue weighted by Gasteiger charge is -1.98. The van der Waals surface area contributed by atoms with E-state index in [1.807, 2.05) is 26.0 Å². The standard InChI is InChI=1S/2C9H8N2O/c2*1-6-2-8(9-5-12-9)11-4-7(6)3-10/h2*2,4,9H,5H2,1H3. The lowest BCUT2D eigenvalue weighted by atomic mass is 10.1. The van der Waals surface area contributed by atoms with Crippen LogP contribution in [-0.4, -0.2) is 23.2 Å². The average Bonchev–Trinajstić information content (AvgIpc) is 3.48. The number of ether oxygens (including phenoxy) is 2. The van der Waals surface area contributed by atoms with E-state index in [-0.39, 0.29) is 12.2 Å². The molecule has 0 spiro atoms. The Morgan fingerprint density at radius 3 is 1.50 bits per heavy atom. The molecule has 2 aliphatic rings. The molecule has 4 rings (SSSR count). The van der Waals surface area contributed by atoms with E-state index in [0.717, 1.165) is 35.7 Å². The lowest BCUT2D eigenvalue weighted by Crippen LogP contribution is -1.91. The van der Waals surface area contributed by atoms with E-state index in [2.05, 4.69) is 22.1 Å². The summed E-state index contributed by atoms with van der Waals surface area (Å²) in [6, 6.07) is 7.98. The van der Waals surface area contributed by atoms with Gasteiger partial charge < -0.3 is 9.47 Å². The third-order valence-corrected chi connectivity index (χ3v) is 3.83. The molecule has 6 nitrogen and oxygen atoms in total. The predicted octanol–water partition coefficient (Wildman–Crippen LogP) is 2.67. The number of epoxide rings is 2. The Morgan fingerprint density at radius 2 is 1.25 bits per heavy atom. The summed E-state index contributed by atoms with van der Waals surface area (Å²) >= 11 is 0. The molecule has 0 radical (unpaired) electrons. The van der Waals surface area contributed by atoms with Gasteiger partial charge in [-0.2, -0.15) is 10.5 Å². The highest BCUT2D eigenvalue weighted by Crippen LogP contribution is 2.29. The van der Waals surface area contributed by atoms with Gasteiger partial charge in [0.05, 0.1) is 35.7 Å². The van der Waals surface area contributed by atoms with E-state index in [0.29, 0.717) is 11.1 Å². The molecular weight excluding hydrogens is 304 g/mol. The summed E-state index contributed by atoms with van der Waals surface area (Å²) in [7, 11) is 0. The molecule has 2 fully saturated rings. The second-order valence-corrected chi connectivity index (χ2v) is 5.72. The van der Waals surface area contributed by atoms with Crippen LogP contribution >= 0.6 is 0 Å². The van der Waals surface area contributed by atoms with E-state index in [1.54, 1.807) is 12.4 Å². The highest BCUT2D eigenvalue weighted by Gasteiger charge is 2.27. The van der Waals surface area contributed by atoms with Crippen LogP contribution in [0.15, 0.2) is 24.5 Å². The Balaban J connectivity index is 0.000000141. The van der Waals surface area contributed by atoms with E-state index < -0.39 is 0 Å². The van der Waals surface area contributed by atoms with Crippen molar-refractivity contribution >= 4 is 0 Å². The molecule has 4 heterocycles. The maximum Gasteiger partial charge on any atom is 0.123 e. The predicted molar refractivity (Wildman–Crippen MR) is 84.8 cm³/mol.